The summed E-state index contributed by atoms with van der Waals surface area (Å²) in [5.41, 5.74) is 2.32. The first-order valence-electron chi connectivity index (χ1n) is 13.5. The molecule has 0 bridgehead atoms. The number of amides is 1. The number of hydrogen-bond donors (Lipinski definition) is 0. The number of aromatic nitrogens is 1. The van der Waals surface area contributed by atoms with Gasteiger partial charge in [-0.25, -0.2) is 4.99 Å². The Kier molecular flexibility index (Phi) is 9.14. The van der Waals surface area contributed by atoms with E-state index in [1.165, 1.54) is 11.3 Å². The molecule has 1 atom stereocenters. The fourth-order valence-corrected chi connectivity index (χ4v) is 5.74. The van der Waals surface area contributed by atoms with Gasteiger partial charge in [-0.2, -0.15) is 0 Å². The summed E-state index contributed by atoms with van der Waals surface area (Å²) in [6.45, 7) is 11.6. The number of ether oxygens (including phenoxy) is 3. The molecule has 0 saturated heterocycles. The zero-order valence-electron chi connectivity index (χ0n) is 24.2. The van der Waals surface area contributed by atoms with Gasteiger partial charge in [0.15, 0.2) is 4.80 Å². The molecule has 0 aliphatic carbocycles. The van der Waals surface area contributed by atoms with E-state index in [0.29, 0.717) is 63.3 Å². The van der Waals surface area contributed by atoms with Gasteiger partial charge in [0, 0.05) is 18.7 Å². The van der Waals surface area contributed by atoms with Gasteiger partial charge < -0.3 is 19.1 Å². The quantitative estimate of drug-likeness (QED) is 0.370. The Labute approximate surface area is 238 Å². The van der Waals surface area contributed by atoms with Gasteiger partial charge in [0.05, 0.1) is 36.6 Å². The predicted octanol–water partition coefficient (Wildman–Crippen LogP) is 4.16. The Morgan fingerprint density at radius 2 is 1.75 bits per heavy atom. The average molecular weight is 564 g/mol. The van der Waals surface area contributed by atoms with Crippen LogP contribution in [0, 0.1) is 5.92 Å². The van der Waals surface area contributed by atoms with Crippen molar-refractivity contribution >= 4 is 23.3 Å². The van der Waals surface area contributed by atoms with E-state index in [2.05, 4.69) is 13.8 Å². The van der Waals surface area contributed by atoms with Gasteiger partial charge in [-0.05, 0) is 68.7 Å². The molecule has 0 N–H and O–H groups in total. The van der Waals surface area contributed by atoms with Gasteiger partial charge >= 0.3 is 0 Å². The number of nitrogens with zero attached hydrogens (tertiary/aromatic N) is 3. The van der Waals surface area contributed by atoms with Crippen molar-refractivity contribution in [2.75, 3.05) is 33.9 Å². The van der Waals surface area contributed by atoms with Crippen LogP contribution in [0.1, 0.15) is 51.8 Å². The minimum Gasteiger partial charge on any atom is -0.497 e. The number of methoxy groups -OCH3 is 2. The Morgan fingerprint density at radius 1 is 1.07 bits per heavy atom. The average Bonchev–Trinajstić information content (AvgIpc) is 3.25. The number of likely N-dealkylation sites (N-methyl/N-ethyl adjacent to an activating group) is 1. The zero-order valence-corrected chi connectivity index (χ0v) is 25.0. The molecular weight excluding hydrogens is 526 g/mol. The van der Waals surface area contributed by atoms with Crippen LogP contribution in [0.15, 0.2) is 63.5 Å². The highest BCUT2D eigenvalue weighted by atomic mass is 32.1. The molecular formula is C31H37N3O5S. The van der Waals surface area contributed by atoms with Crippen LogP contribution in [0.4, 0.5) is 0 Å². The molecule has 3 aromatic rings. The minimum absolute atomic E-state index is 0.160. The van der Waals surface area contributed by atoms with Crippen molar-refractivity contribution in [2.24, 2.45) is 10.9 Å². The van der Waals surface area contributed by atoms with E-state index in [9.17, 15) is 9.59 Å². The molecule has 0 spiro atoms. The number of carbonyl (C=O) groups excluding carboxylic acids is 1. The van der Waals surface area contributed by atoms with Crippen LogP contribution in [0.5, 0.6) is 17.2 Å². The van der Waals surface area contributed by atoms with Gasteiger partial charge in [-0.15, -0.1) is 0 Å². The summed E-state index contributed by atoms with van der Waals surface area (Å²) in [4.78, 5) is 34.9. The van der Waals surface area contributed by atoms with E-state index in [1.54, 1.807) is 35.8 Å². The molecule has 2 heterocycles. The second-order valence-corrected chi connectivity index (χ2v) is 11.0. The third-order valence-electron chi connectivity index (χ3n) is 6.80. The number of carbonyl (C=O) groups is 1. The van der Waals surface area contributed by atoms with Crippen LogP contribution in [-0.2, 0) is 4.79 Å². The number of allylic oxidation sites excluding steroid dienone is 1. The highest BCUT2D eigenvalue weighted by Crippen LogP contribution is 2.38. The molecule has 1 aliphatic rings. The molecule has 4 rings (SSSR count). The lowest BCUT2D eigenvalue weighted by Crippen LogP contribution is -2.43. The first kappa shape index (κ1) is 29.1. The van der Waals surface area contributed by atoms with Gasteiger partial charge in [0.1, 0.15) is 23.3 Å². The Hall–Kier alpha value is -3.85. The molecule has 40 heavy (non-hydrogen) atoms. The maximum atomic E-state index is 14.0. The van der Waals surface area contributed by atoms with E-state index in [0.717, 1.165) is 11.3 Å². The minimum atomic E-state index is -0.733. The van der Waals surface area contributed by atoms with Crippen LogP contribution in [0.2, 0.25) is 0 Å². The van der Waals surface area contributed by atoms with Gasteiger partial charge in [-0.1, -0.05) is 37.3 Å². The number of benzene rings is 2. The van der Waals surface area contributed by atoms with Crippen molar-refractivity contribution in [1.29, 1.82) is 0 Å². The molecule has 0 radical (unpaired) electrons. The molecule has 1 aromatic heterocycles. The van der Waals surface area contributed by atoms with Crippen molar-refractivity contribution in [3.8, 4) is 17.2 Å². The predicted molar refractivity (Wildman–Crippen MR) is 158 cm³/mol. The number of hydrogen-bond acceptors (Lipinski definition) is 7. The third kappa shape index (κ3) is 5.84. The SMILES string of the molecule is CCN(CC)C(=O)C1=C(C)N=c2s/c(=C\c3ccc(OCC(C)C)cc3)c(=O)n2[C@@H]1c1cc(OC)ccc1OC. The molecule has 212 valence electrons. The van der Waals surface area contributed by atoms with Crippen molar-refractivity contribution in [1.82, 2.24) is 9.47 Å². The smallest absolute Gasteiger partial charge is 0.271 e. The summed E-state index contributed by atoms with van der Waals surface area (Å²) in [5.74, 6) is 2.21. The van der Waals surface area contributed by atoms with Crippen molar-refractivity contribution in [3.05, 3.63) is 84.5 Å². The lowest BCUT2D eigenvalue weighted by Gasteiger charge is -2.30. The summed E-state index contributed by atoms with van der Waals surface area (Å²) >= 11 is 1.30. The molecule has 2 aromatic carbocycles. The molecule has 8 nitrogen and oxygen atoms in total. The van der Waals surface area contributed by atoms with Crippen LogP contribution >= 0.6 is 11.3 Å². The highest BCUT2D eigenvalue weighted by Gasteiger charge is 2.36. The van der Waals surface area contributed by atoms with Gasteiger partial charge in [0.25, 0.3) is 11.5 Å². The largest absolute Gasteiger partial charge is 0.497 e. The molecule has 9 heteroatoms. The molecule has 0 unspecified atom stereocenters. The van der Waals surface area contributed by atoms with Crippen molar-refractivity contribution < 1.29 is 19.0 Å². The van der Waals surface area contributed by atoms with Crippen molar-refractivity contribution in [2.45, 2.75) is 40.7 Å². The second kappa shape index (κ2) is 12.6. The van der Waals surface area contributed by atoms with E-state index in [-0.39, 0.29) is 11.5 Å². The monoisotopic (exact) mass is 563 g/mol. The first-order chi connectivity index (χ1) is 19.2. The van der Waals surface area contributed by atoms with Crippen molar-refractivity contribution in [3.63, 3.8) is 0 Å². The van der Waals surface area contributed by atoms with Crippen LogP contribution in [-0.4, -0.2) is 49.3 Å². The first-order valence-corrected chi connectivity index (χ1v) is 14.3. The number of rotatable bonds is 10. The van der Waals surface area contributed by atoms with Gasteiger partial charge in [-0.3, -0.25) is 14.2 Å². The lowest BCUT2D eigenvalue weighted by molar-refractivity contribution is -0.127. The van der Waals surface area contributed by atoms with E-state index < -0.39 is 6.04 Å². The molecule has 0 saturated carbocycles. The van der Waals surface area contributed by atoms with Gasteiger partial charge in [0.2, 0.25) is 0 Å². The fourth-order valence-electron chi connectivity index (χ4n) is 4.70. The Bertz CT molecular complexity index is 1580. The summed E-state index contributed by atoms with van der Waals surface area (Å²) in [6, 6.07) is 12.3. The lowest BCUT2D eigenvalue weighted by atomic mass is 9.93. The zero-order chi connectivity index (χ0) is 29.0. The summed E-state index contributed by atoms with van der Waals surface area (Å²) in [7, 11) is 3.16. The number of thiazole rings is 1. The highest BCUT2D eigenvalue weighted by molar-refractivity contribution is 7.07. The van der Waals surface area contributed by atoms with E-state index >= 15 is 0 Å². The summed E-state index contributed by atoms with van der Waals surface area (Å²) < 4.78 is 19.1. The topological polar surface area (TPSA) is 82.4 Å². The molecule has 0 fully saturated rings. The maximum Gasteiger partial charge on any atom is 0.271 e. The second-order valence-electron chi connectivity index (χ2n) is 9.94. The van der Waals surface area contributed by atoms with Crippen LogP contribution in [0.3, 0.4) is 0 Å². The Morgan fingerprint density at radius 3 is 2.35 bits per heavy atom. The standard InChI is InChI=1S/C31H37N3O5S/c1-8-33(9-2)30(36)27-20(5)32-31-34(28(27)24-17-23(37-6)14-15-25(24)38-7)29(35)26(40-31)16-21-10-12-22(13-11-21)39-18-19(3)4/h10-17,19,28H,8-9,18H2,1-7H3/b26-16-/t28-/m1/s1. The van der Waals surface area contributed by atoms with Crippen LogP contribution in [0.25, 0.3) is 6.08 Å². The number of fused-ring (bicyclic) bond motifs is 1. The van der Waals surface area contributed by atoms with Crippen LogP contribution < -0.4 is 29.1 Å². The fraction of sp³-hybridized carbons (Fsp3) is 0.387. The maximum absolute atomic E-state index is 14.0. The normalized spacial score (nSPS) is 15.1. The molecule has 1 aliphatic heterocycles. The third-order valence-corrected chi connectivity index (χ3v) is 7.78. The van der Waals surface area contributed by atoms with E-state index in [4.69, 9.17) is 19.2 Å². The summed E-state index contributed by atoms with van der Waals surface area (Å²) in [6.07, 6.45) is 1.85. The summed E-state index contributed by atoms with van der Waals surface area (Å²) in [5, 5.41) is 0. The Balaban J connectivity index is 1.90. The van der Waals surface area contributed by atoms with E-state index in [1.807, 2.05) is 57.2 Å². The molecule has 1 amide bonds.